The number of benzene rings is 1. The minimum atomic E-state index is -0.00833. The van der Waals surface area contributed by atoms with Crippen molar-refractivity contribution in [3.05, 3.63) is 24.3 Å². The first-order chi connectivity index (χ1) is 14.1. The van der Waals surface area contributed by atoms with E-state index >= 15 is 0 Å². The normalized spacial score (nSPS) is 20.4. The molecule has 0 aromatic heterocycles. The average Bonchev–Trinajstić information content (AvgIpc) is 2.76. The van der Waals surface area contributed by atoms with E-state index in [1.54, 1.807) is 13.2 Å². The maximum absolute atomic E-state index is 12.6. The van der Waals surface area contributed by atoms with Crippen LogP contribution in [-0.2, 0) is 9.59 Å². The third-order valence-corrected chi connectivity index (χ3v) is 5.91. The lowest BCUT2D eigenvalue weighted by atomic mass is 9.93. The molecule has 0 radical (unpaired) electrons. The van der Waals surface area contributed by atoms with Crippen LogP contribution < -0.4 is 9.47 Å². The summed E-state index contributed by atoms with van der Waals surface area (Å²) >= 11 is 0. The van der Waals surface area contributed by atoms with Crippen LogP contribution >= 0.6 is 0 Å². The molecule has 2 aliphatic rings. The van der Waals surface area contributed by atoms with Crippen LogP contribution in [0.2, 0.25) is 0 Å². The van der Waals surface area contributed by atoms with Gasteiger partial charge in [-0.15, -0.1) is 0 Å². The molecular weight excluding hydrogens is 370 g/mol. The molecule has 3 rings (SSSR count). The van der Waals surface area contributed by atoms with E-state index in [1.807, 2.05) is 28.0 Å². The minimum Gasteiger partial charge on any atom is -0.493 e. The van der Waals surface area contributed by atoms with E-state index in [0.717, 1.165) is 52.0 Å². The van der Waals surface area contributed by atoms with Gasteiger partial charge in [-0.3, -0.25) is 9.59 Å². The van der Waals surface area contributed by atoms with Crippen LogP contribution in [0.25, 0.3) is 0 Å². The van der Waals surface area contributed by atoms with Crippen molar-refractivity contribution < 1.29 is 19.1 Å². The molecule has 160 valence electrons. The molecule has 0 bridgehead atoms. The number of piperidine rings is 1. The number of hydrogen-bond donors (Lipinski definition) is 0. The molecule has 1 atom stereocenters. The Morgan fingerprint density at radius 3 is 2.45 bits per heavy atom. The second-order valence-electron chi connectivity index (χ2n) is 8.01. The first kappa shape index (κ1) is 21.4. The molecule has 2 fully saturated rings. The molecule has 1 aromatic rings. The second-order valence-corrected chi connectivity index (χ2v) is 8.01. The zero-order valence-electron chi connectivity index (χ0n) is 17.6. The van der Waals surface area contributed by atoms with Crippen LogP contribution in [0, 0.1) is 5.92 Å². The zero-order valence-corrected chi connectivity index (χ0v) is 17.6. The lowest BCUT2D eigenvalue weighted by molar-refractivity contribution is -0.135. The van der Waals surface area contributed by atoms with Gasteiger partial charge in [-0.2, -0.15) is 0 Å². The number of carbonyl (C=O) groups excluding carboxylic acids is 2. The van der Waals surface area contributed by atoms with Gasteiger partial charge in [0.15, 0.2) is 18.1 Å². The van der Waals surface area contributed by atoms with Gasteiger partial charge >= 0.3 is 0 Å². The average molecular weight is 404 g/mol. The number of ether oxygens (including phenoxy) is 2. The van der Waals surface area contributed by atoms with Crippen molar-refractivity contribution in [3.8, 4) is 11.5 Å². The molecular formula is C22H33N3O4. The Balaban J connectivity index is 1.42. The summed E-state index contributed by atoms with van der Waals surface area (Å²) in [4.78, 5) is 31.2. The molecule has 0 N–H and O–H groups in total. The number of para-hydroxylation sites is 2. The Hall–Kier alpha value is -2.28. The van der Waals surface area contributed by atoms with Crippen molar-refractivity contribution in [3.63, 3.8) is 0 Å². The first-order valence-corrected chi connectivity index (χ1v) is 10.6. The summed E-state index contributed by atoms with van der Waals surface area (Å²) in [6.45, 7) is 5.03. The first-order valence-electron chi connectivity index (χ1n) is 10.6. The van der Waals surface area contributed by atoms with Crippen molar-refractivity contribution in [2.45, 2.75) is 25.7 Å². The van der Waals surface area contributed by atoms with Gasteiger partial charge in [-0.25, -0.2) is 0 Å². The number of amides is 2. The Bertz CT molecular complexity index is 688. The molecule has 2 heterocycles. The fourth-order valence-corrected chi connectivity index (χ4v) is 4.04. The molecule has 2 amide bonds. The summed E-state index contributed by atoms with van der Waals surface area (Å²) in [5.74, 6) is 1.83. The molecule has 0 aliphatic carbocycles. The van der Waals surface area contributed by atoms with Gasteiger partial charge in [0.05, 0.1) is 7.11 Å². The number of hydrogen-bond acceptors (Lipinski definition) is 5. The highest BCUT2D eigenvalue weighted by Crippen LogP contribution is 2.26. The maximum Gasteiger partial charge on any atom is 0.260 e. The summed E-state index contributed by atoms with van der Waals surface area (Å²) in [7, 11) is 3.68. The summed E-state index contributed by atoms with van der Waals surface area (Å²) < 4.78 is 10.9. The second kappa shape index (κ2) is 10.5. The predicted molar refractivity (Wildman–Crippen MR) is 111 cm³/mol. The number of likely N-dealkylation sites (tertiary alicyclic amines) is 1. The van der Waals surface area contributed by atoms with Crippen molar-refractivity contribution in [2.75, 3.05) is 60.0 Å². The quantitative estimate of drug-likeness (QED) is 0.696. The lowest BCUT2D eigenvalue weighted by Crippen LogP contribution is -2.47. The van der Waals surface area contributed by atoms with Crippen LogP contribution in [0.5, 0.6) is 11.5 Å². The van der Waals surface area contributed by atoms with Crippen LogP contribution in [0.4, 0.5) is 0 Å². The number of carbonyl (C=O) groups is 2. The minimum absolute atomic E-state index is 0.00726. The highest BCUT2D eigenvalue weighted by molar-refractivity contribution is 5.78. The topological polar surface area (TPSA) is 62.3 Å². The Morgan fingerprint density at radius 1 is 1.00 bits per heavy atom. The third-order valence-electron chi connectivity index (χ3n) is 5.91. The molecule has 2 aliphatic heterocycles. The van der Waals surface area contributed by atoms with Crippen molar-refractivity contribution in [1.82, 2.24) is 14.7 Å². The van der Waals surface area contributed by atoms with Gasteiger partial charge in [-0.05, 0) is 44.4 Å². The Morgan fingerprint density at radius 2 is 1.72 bits per heavy atom. The van der Waals surface area contributed by atoms with Gasteiger partial charge < -0.3 is 24.2 Å². The van der Waals surface area contributed by atoms with Gasteiger partial charge in [0.25, 0.3) is 5.91 Å². The standard InChI is InChI=1S/C22H33N3O4/c1-23-12-14-24(15-13-23)21(26)10-9-18-6-5-11-25(16-18)22(27)17-29-20-8-4-3-7-19(20)28-2/h3-4,7-8,18H,5-6,9-17H2,1-2H3/t18-/m1/s1. The van der Waals surface area contributed by atoms with Gasteiger partial charge in [0.1, 0.15) is 0 Å². The van der Waals surface area contributed by atoms with E-state index in [1.165, 1.54) is 0 Å². The van der Waals surface area contributed by atoms with Crippen molar-refractivity contribution >= 4 is 11.8 Å². The smallest absolute Gasteiger partial charge is 0.260 e. The van der Waals surface area contributed by atoms with Crippen molar-refractivity contribution in [1.29, 1.82) is 0 Å². The molecule has 7 heteroatoms. The molecule has 1 aromatic carbocycles. The Kier molecular flexibility index (Phi) is 7.75. The highest BCUT2D eigenvalue weighted by Gasteiger charge is 2.26. The molecule has 7 nitrogen and oxygen atoms in total. The van der Waals surface area contributed by atoms with Gasteiger partial charge in [0.2, 0.25) is 5.91 Å². The number of rotatable bonds is 7. The number of methoxy groups -OCH3 is 1. The zero-order chi connectivity index (χ0) is 20.6. The number of piperazine rings is 1. The Labute approximate surface area is 173 Å². The number of likely N-dealkylation sites (N-methyl/N-ethyl adjacent to an activating group) is 1. The SMILES string of the molecule is COc1ccccc1OCC(=O)N1CCC[C@H](CCC(=O)N2CCN(C)CC2)C1. The van der Waals surface area contributed by atoms with Gasteiger partial charge in [0, 0.05) is 45.7 Å². The molecule has 2 saturated heterocycles. The van der Waals surface area contributed by atoms with Crippen LogP contribution in [0.15, 0.2) is 24.3 Å². The van der Waals surface area contributed by atoms with Gasteiger partial charge in [-0.1, -0.05) is 12.1 Å². The predicted octanol–water partition coefficient (Wildman–Crippen LogP) is 1.87. The van der Waals surface area contributed by atoms with E-state index < -0.39 is 0 Å². The highest BCUT2D eigenvalue weighted by atomic mass is 16.5. The fourth-order valence-electron chi connectivity index (χ4n) is 4.04. The molecule has 0 spiro atoms. The van der Waals surface area contributed by atoms with E-state index in [0.29, 0.717) is 30.4 Å². The van der Waals surface area contributed by atoms with Crippen LogP contribution in [0.1, 0.15) is 25.7 Å². The molecule has 0 saturated carbocycles. The van der Waals surface area contributed by atoms with E-state index in [4.69, 9.17) is 9.47 Å². The monoisotopic (exact) mass is 403 g/mol. The fraction of sp³-hybridized carbons (Fsp3) is 0.636. The summed E-state index contributed by atoms with van der Waals surface area (Å²) in [6.07, 6.45) is 3.48. The van der Waals surface area contributed by atoms with E-state index in [9.17, 15) is 9.59 Å². The summed E-state index contributed by atoms with van der Waals surface area (Å²) in [5, 5.41) is 0. The summed E-state index contributed by atoms with van der Waals surface area (Å²) in [5.41, 5.74) is 0. The molecule has 0 unspecified atom stereocenters. The summed E-state index contributed by atoms with van der Waals surface area (Å²) in [6, 6.07) is 7.34. The van der Waals surface area contributed by atoms with E-state index in [-0.39, 0.29) is 18.4 Å². The number of nitrogens with zero attached hydrogens (tertiary/aromatic N) is 3. The van der Waals surface area contributed by atoms with Crippen molar-refractivity contribution in [2.24, 2.45) is 5.92 Å². The molecule has 29 heavy (non-hydrogen) atoms. The largest absolute Gasteiger partial charge is 0.493 e. The third kappa shape index (κ3) is 6.10. The lowest BCUT2D eigenvalue weighted by Gasteiger charge is -2.34. The van der Waals surface area contributed by atoms with E-state index in [2.05, 4.69) is 11.9 Å². The van der Waals surface area contributed by atoms with Crippen LogP contribution in [-0.4, -0.2) is 86.5 Å². The van der Waals surface area contributed by atoms with Crippen LogP contribution in [0.3, 0.4) is 0 Å². The maximum atomic E-state index is 12.6.